The van der Waals surface area contributed by atoms with Crippen molar-refractivity contribution >= 4 is 23.3 Å². The van der Waals surface area contributed by atoms with Crippen LogP contribution in [0.3, 0.4) is 0 Å². The summed E-state index contributed by atoms with van der Waals surface area (Å²) >= 11 is 5.81. The van der Waals surface area contributed by atoms with Crippen LogP contribution in [-0.2, 0) is 11.3 Å². The van der Waals surface area contributed by atoms with Crippen molar-refractivity contribution < 1.29 is 14.3 Å². The molecule has 0 spiro atoms. The molecule has 0 aliphatic carbocycles. The number of pyridine rings is 1. The van der Waals surface area contributed by atoms with Crippen LogP contribution < -0.4 is 14.8 Å². The molecule has 1 aromatic heterocycles. The Balaban J connectivity index is 1.45. The molecule has 7 nitrogen and oxygen atoms in total. The number of aromatic nitrogens is 1. The van der Waals surface area contributed by atoms with Gasteiger partial charge in [0.1, 0.15) is 5.82 Å². The molecule has 28 heavy (non-hydrogen) atoms. The van der Waals surface area contributed by atoms with Gasteiger partial charge in [-0.15, -0.1) is 0 Å². The molecule has 0 bridgehead atoms. The first-order valence-corrected chi connectivity index (χ1v) is 9.52. The van der Waals surface area contributed by atoms with Crippen LogP contribution in [0.25, 0.3) is 0 Å². The molecule has 1 aliphatic heterocycles. The first kappa shape index (κ1) is 20.4. The third kappa shape index (κ3) is 5.58. The molecule has 1 amide bonds. The molecule has 2 heterocycles. The van der Waals surface area contributed by atoms with Crippen LogP contribution in [0.15, 0.2) is 36.5 Å². The summed E-state index contributed by atoms with van der Waals surface area (Å²) in [5.41, 5.74) is 1.18. The van der Waals surface area contributed by atoms with Gasteiger partial charge < -0.3 is 14.8 Å². The highest BCUT2D eigenvalue weighted by Crippen LogP contribution is 2.28. The maximum absolute atomic E-state index is 12.2. The van der Waals surface area contributed by atoms with Crippen molar-refractivity contribution in [2.75, 3.05) is 52.3 Å². The summed E-state index contributed by atoms with van der Waals surface area (Å²) in [5.74, 6) is 1.92. The number of piperazine rings is 1. The molecule has 0 unspecified atom stereocenters. The van der Waals surface area contributed by atoms with Crippen LogP contribution in [-0.4, -0.2) is 67.6 Å². The smallest absolute Gasteiger partial charge is 0.239 e. The minimum Gasteiger partial charge on any atom is -0.493 e. The SMILES string of the molecule is COc1ccc(CN2CCN(CC(=O)Nc3ccc(Cl)cn3)CC2)cc1OC. The van der Waals surface area contributed by atoms with Crippen LogP contribution in [0.5, 0.6) is 11.5 Å². The minimum absolute atomic E-state index is 0.0665. The quantitative estimate of drug-likeness (QED) is 0.764. The zero-order valence-corrected chi connectivity index (χ0v) is 16.9. The number of anilines is 1. The molecule has 0 atom stereocenters. The minimum atomic E-state index is -0.0665. The summed E-state index contributed by atoms with van der Waals surface area (Å²) in [6, 6.07) is 9.40. The summed E-state index contributed by atoms with van der Waals surface area (Å²) in [5, 5.41) is 3.35. The third-order valence-corrected chi connectivity index (χ3v) is 4.90. The second-order valence-electron chi connectivity index (χ2n) is 6.65. The van der Waals surface area contributed by atoms with E-state index in [1.165, 1.54) is 11.8 Å². The first-order valence-electron chi connectivity index (χ1n) is 9.14. The molecular formula is C20H25ClN4O3. The van der Waals surface area contributed by atoms with Gasteiger partial charge in [0.15, 0.2) is 11.5 Å². The van der Waals surface area contributed by atoms with Gasteiger partial charge in [0.25, 0.3) is 0 Å². The molecule has 150 valence electrons. The molecule has 1 aliphatic rings. The second-order valence-corrected chi connectivity index (χ2v) is 7.09. The van der Waals surface area contributed by atoms with Crippen molar-refractivity contribution in [3.8, 4) is 11.5 Å². The molecule has 1 aromatic carbocycles. The Morgan fingerprint density at radius 3 is 2.43 bits per heavy atom. The Bertz CT molecular complexity index is 793. The molecule has 8 heteroatoms. The van der Waals surface area contributed by atoms with Gasteiger partial charge >= 0.3 is 0 Å². The lowest BCUT2D eigenvalue weighted by Crippen LogP contribution is -2.48. The van der Waals surface area contributed by atoms with Gasteiger partial charge in [0.2, 0.25) is 5.91 Å². The van der Waals surface area contributed by atoms with Crippen LogP contribution >= 0.6 is 11.6 Å². The molecule has 3 rings (SSSR count). The van der Waals surface area contributed by atoms with E-state index >= 15 is 0 Å². The number of nitrogens with zero attached hydrogens (tertiary/aromatic N) is 3. The van der Waals surface area contributed by atoms with Crippen LogP contribution in [0.4, 0.5) is 5.82 Å². The van der Waals surface area contributed by atoms with Crippen LogP contribution in [0.1, 0.15) is 5.56 Å². The average Bonchev–Trinajstić information content (AvgIpc) is 2.71. The van der Waals surface area contributed by atoms with Crippen molar-refractivity contribution in [3.63, 3.8) is 0 Å². The summed E-state index contributed by atoms with van der Waals surface area (Å²) in [7, 11) is 3.28. The number of hydrogen-bond acceptors (Lipinski definition) is 6. The first-order chi connectivity index (χ1) is 13.6. The average molecular weight is 405 g/mol. The number of carbonyl (C=O) groups is 1. The molecule has 0 radical (unpaired) electrons. The third-order valence-electron chi connectivity index (χ3n) is 4.68. The van der Waals surface area contributed by atoms with Crippen molar-refractivity contribution in [1.29, 1.82) is 0 Å². The monoisotopic (exact) mass is 404 g/mol. The van der Waals surface area contributed by atoms with E-state index < -0.39 is 0 Å². The predicted octanol–water partition coefficient (Wildman–Crippen LogP) is 2.51. The van der Waals surface area contributed by atoms with Crippen LogP contribution in [0.2, 0.25) is 5.02 Å². The Hall–Kier alpha value is -2.35. The normalized spacial score (nSPS) is 15.2. The van der Waals surface area contributed by atoms with Crippen molar-refractivity contribution in [2.24, 2.45) is 0 Å². The Morgan fingerprint density at radius 1 is 1.07 bits per heavy atom. The molecule has 1 N–H and O–H groups in total. The summed E-state index contributed by atoms with van der Waals surface area (Å²) in [6.07, 6.45) is 1.52. The van der Waals surface area contributed by atoms with Gasteiger partial charge in [-0.2, -0.15) is 0 Å². The number of benzene rings is 1. The van der Waals surface area contributed by atoms with E-state index in [4.69, 9.17) is 21.1 Å². The lowest BCUT2D eigenvalue weighted by atomic mass is 10.1. The zero-order chi connectivity index (χ0) is 19.9. The lowest BCUT2D eigenvalue weighted by Gasteiger charge is -2.34. The van der Waals surface area contributed by atoms with Crippen LogP contribution in [0, 0.1) is 0 Å². The van der Waals surface area contributed by atoms with E-state index in [-0.39, 0.29) is 5.91 Å². The van der Waals surface area contributed by atoms with E-state index in [2.05, 4.69) is 26.2 Å². The maximum Gasteiger partial charge on any atom is 0.239 e. The van der Waals surface area contributed by atoms with Gasteiger partial charge in [0.05, 0.1) is 25.8 Å². The van der Waals surface area contributed by atoms with Crippen molar-refractivity contribution in [3.05, 3.63) is 47.1 Å². The largest absolute Gasteiger partial charge is 0.493 e. The van der Waals surface area contributed by atoms with Gasteiger partial charge in [-0.1, -0.05) is 17.7 Å². The summed E-state index contributed by atoms with van der Waals surface area (Å²) in [6.45, 7) is 4.69. The predicted molar refractivity (Wildman–Crippen MR) is 109 cm³/mol. The highest BCUT2D eigenvalue weighted by Gasteiger charge is 2.19. The number of nitrogens with one attached hydrogen (secondary N) is 1. The molecule has 2 aromatic rings. The highest BCUT2D eigenvalue weighted by atomic mass is 35.5. The highest BCUT2D eigenvalue weighted by molar-refractivity contribution is 6.30. The Labute approximate surface area is 170 Å². The van der Waals surface area contributed by atoms with E-state index in [0.717, 1.165) is 44.2 Å². The van der Waals surface area contributed by atoms with Gasteiger partial charge in [-0.05, 0) is 29.8 Å². The van der Waals surface area contributed by atoms with E-state index in [0.29, 0.717) is 17.4 Å². The number of amides is 1. The number of methoxy groups -OCH3 is 2. The maximum atomic E-state index is 12.2. The number of ether oxygens (including phenoxy) is 2. The molecule has 1 fully saturated rings. The molecular weight excluding hydrogens is 380 g/mol. The Kier molecular flexibility index (Phi) is 7.08. The van der Waals surface area contributed by atoms with E-state index in [9.17, 15) is 4.79 Å². The molecule has 0 saturated carbocycles. The summed E-state index contributed by atoms with van der Waals surface area (Å²) < 4.78 is 10.7. The van der Waals surface area contributed by atoms with Gasteiger partial charge in [-0.25, -0.2) is 4.98 Å². The number of rotatable bonds is 7. The number of carbonyl (C=O) groups excluding carboxylic acids is 1. The fourth-order valence-corrected chi connectivity index (χ4v) is 3.29. The van der Waals surface area contributed by atoms with E-state index in [1.807, 2.05) is 12.1 Å². The summed E-state index contributed by atoms with van der Waals surface area (Å²) in [4.78, 5) is 20.8. The number of hydrogen-bond donors (Lipinski definition) is 1. The van der Waals surface area contributed by atoms with Gasteiger partial charge in [0, 0.05) is 38.9 Å². The fraction of sp³-hybridized carbons (Fsp3) is 0.400. The molecule has 1 saturated heterocycles. The van der Waals surface area contributed by atoms with Crippen molar-refractivity contribution in [1.82, 2.24) is 14.8 Å². The number of halogens is 1. The van der Waals surface area contributed by atoms with Crippen molar-refractivity contribution in [2.45, 2.75) is 6.54 Å². The fourth-order valence-electron chi connectivity index (χ4n) is 3.18. The lowest BCUT2D eigenvalue weighted by molar-refractivity contribution is -0.117. The topological polar surface area (TPSA) is 66.9 Å². The standard InChI is InChI=1S/C20H25ClN4O3/c1-27-17-5-3-15(11-18(17)28-2)13-24-7-9-25(10-8-24)14-20(26)23-19-6-4-16(21)12-22-19/h3-6,11-12H,7-10,13-14H2,1-2H3,(H,22,23,26). The van der Waals surface area contributed by atoms with E-state index in [1.54, 1.807) is 26.4 Å². The van der Waals surface area contributed by atoms with Gasteiger partial charge in [-0.3, -0.25) is 14.6 Å². The zero-order valence-electron chi connectivity index (χ0n) is 16.2. The Morgan fingerprint density at radius 2 is 1.79 bits per heavy atom. The second kappa shape index (κ2) is 9.73.